The lowest BCUT2D eigenvalue weighted by molar-refractivity contribution is 0.0342. The van der Waals surface area contributed by atoms with E-state index in [1.165, 1.54) is 5.56 Å². The Balaban J connectivity index is 1.55. The number of hydrogen-bond acceptors (Lipinski definition) is 5. The van der Waals surface area contributed by atoms with Gasteiger partial charge >= 0.3 is 5.97 Å². The number of benzene rings is 2. The number of ether oxygens (including phenoxy) is 1. The monoisotopic (exact) mass is 389 g/mol. The molecule has 1 aliphatic rings. The van der Waals surface area contributed by atoms with Crippen molar-refractivity contribution >= 4 is 11.8 Å². The van der Waals surface area contributed by atoms with Crippen molar-refractivity contribution in [3.8, 4) is 22.3 Å². The van der Waals surface area contributed by atoms with Gasteiger partial charge in [0.25, 0.3) is 0 Å². The van der Waals surface area contributed by atoms with E-state index in [9.17, 15) is 4.79 Å². The minimum absolute atomic E-state index is 0.243. The summed E-state index contributed by atoms with van der Waals surface area (Å²) in [6, 6.07) is 17.1. The molecule has 3 aromatic rings. The van der Waals surface area contributed by atoms with E-state index in [1.807, 2.05) is 6.07 Å². The predicted molar refractivity (Wildman–Crippen MR) is 113 cm³/mol. The molecule has 6 nitrogen and oxygen atoms in total. The van der Waals surface area contributed by atoms with Crippen LogP contribution >= 0.6 is 0 Å². The van der Waals surface area contributed by atoms with Gasteiger partial charge in [-0.1, -0.05) is 36.4 Å². The molecule has 1 fully saturated rings. The summed E-state index contributed by atoms with van der Waals surface area (Å²) in [5.74, 6) is -0.533. The third-order valence-electron chi connectivity index (χ3n) is 5.16. The van der Waals surface area contributed by atoms with Gasteiger partial charge in [-0.3, -0.25) is 4.90 Å². The van der Waals surface area contributed by atoms with Gasteiger partial charge in [-0.05, 0) is 34.9 Å². The van der Waals surface area contributed by atoms with Crippen molar-refractivity contribution in [2.45, 2.75) is 6.54 Å². The lowest BCUT2D eigenvalue weighted by Crippen LogP contribution is -2.35. The Kier molecular flexibility index (Phi) is 5.55. The minimum Gasteiger partial charge on any atom is -0.478 e. The average molecular weight is 389 g/mol. The fraction of sp³-hybridized carbons (Fsp3) is 0.217. The van der Waals surface area contributed by atoms with Crippen LogP contribution in [0.25, 0.3) is 22.3 Å². The van der Waals surface area contributed by atoms with Crippen LogP contribution in [0, 0.1) is 0 Å². The van der Waals surface area contributed by atoms with E-state index in [1.54, 1.807) is 30.5 Å². The number of aromatic nitrogens is 1. The highest BCUT2D eigenvalue weighted by Gasteiger charge is 2.12. The lowest BCUT2D eigenvalue weighted by Gasteiger charge is -2.26. The predicted octanol–water partition coefficient (Wildman–Crippen LogP) is 3.53. The Labute approximate surface area is 169 Å². The molecule has 1 aliphatic heterocycles. The maximum absolute atomic E-state index is 11.1. The zero-order chi connectivity index (χ0) is 20.2. The number of carbonyl (C=O) groups is 1. The average Bonchev–Trinajstić information content (AvgIpc) is 2.75. The summed E-state index contributed by atoms with van der Waals surface area (Å²) in [6.07, 6.45) is 1.77. The smallest absolute Gasteiger partial charge is 0.335 e. The number of carboxylic acids is 1. The fourth-order valence-electron chi connectivity index (χ4n) is 3.48. The van der Waals surface area contributed by atoms with Crippen LogP contribution in [0.15, 0.2) is 60.8 Å². The van der Waals surface area contributed by atoms with Crippen LogP contribution in [0.2, 0.25) is 0 Å². The molecule has 0 atom stereocenters. The summed E-state index contributed by atoms with van der Waals surface area (Å²) in [7, 11) is 0. The molecule has 1 aromatic heterocycles. The SMILES string of the molecule is Nc1ncc(-c2ccc(CN3CCOCC3)cc2)cc1-c1ccc(C(=O)O)cc1. The van der Waals surface area contributed by atoms with Gasteiger partial charge < -0.3 is 15.6 Å². The Hall–Kier alpha value is -3.22. The molecule has 0 spiro atoms. The molecule has 0 radical (unpaired) electrons. The molecule has 0 bridgehead atoms. The van der Waals surface area contributed by atoms with E-state index in [4.69, 9.17) is 15.6 Å². The summed E-state index contributed by atoms with van der Waals surface area (Å²) in [5, 5.41) is 9.07. The van der Waals surface area contributed by atoms with Crippen LogP contribution in [0.1, 0.15) is 15.9 Å². The fourth-order valence-corrected chi connectivity index (χ4v) is 3.48. The van der Waals surface area contributed by atoms with Crippen LogP contribution in [0.5, 0.6) is 0 Å². The van der Waals surface area contributed by atoms with E-state index >= 15 is 0 Å². The molecule has 0 unspecified atom stereocenters. The van der Waals surface area contributed by atoms with Crippen molar-refractivity contribution in [3.63, 3.8) is 0 Å². The van der Waals surface area contributed by atoms with Crippen LogP contribution in [0.4, 0.5) is 5.82 Å². The Bertz CT molecular complexity index is 995. The van der Waals surface area contributed by atoms with Crippen LogP contribution < -0.4 is 5.73 Å². The van der Waals surface area contributed by atoms with E-state index in [0.717, 1.165) is 55.1 Å². The van der Waals surface area contributed by atoms with E-state index in [0.29, 0.717) is 5.82 Å². The van der Waals surface area contributed by atoms with Gasteiger partial charge in [0, 0.05) is 37.0 Å². The molecule has 148 valence electrons. The van der Waals surface area contributed by atoms with Crippen molar-refractivity contribution in [3.05, 3.63) is 71.9 Å². The maximum atomic E-state index is 11.1. The number of nitrogens with two attached hydrogens (primary N) is 1. The minimum atomic E-state index is -0.950. The molecule has 0 saturated carbocycles. The van der Waals surface area contributed by atoms with Crippen LogP contribution in [-0.2, 0) is 11.3 Å². The largest absolute Gasteiger partial charge is 0.478 e. The van der Waals surface area contributed by atoms with Gasteiger partial charge in [0.2, 0.25) is 0 Å². The van der Waals surface area contributed by atoms with E-state index in [-0.39, 0.29) is 5.56 Å². The quantitative estimate of drug-likeness (QED) is 0.694. The zero-order valence-corrected chi connectivity index (χ0v) is 16.0. The molecule has 4 rings (SSSR count). The number of nitrogen functional groups attached to an aromatic ring is 1. The first kappa shape index (κ1) is 19.1. The van der Waals surface area contributed by atoms with Gasteiger partial charge in [-0.15, -0.1) is 0 Å². The lowest BCUT2D eigenvalue weighted by atomic mass is 9.99. The van der Waals surface area contributed by atoms with Crippen molar-refractivity contribution in [1.29, 1.82) is 0 Å². The molecule has 2 heterocycles. The van der Waals surface area contributed by atoms with E-state index in [2.05, 4.69) is 34.1 Å². The van der Waals surface area contributed by atoms with Gasteiger partial charge in [0.05, 0.1) is 18.8 Å². The first-order valence-corrected chi connectivity index (χ1v) is 9.59. The summed E-state index contributed by atoms with van der Waals surface area (Å²) < 4.78 is 5.40. The second kappa shape index (κ2) is 8.43. The summed E-state index contributed by atoms with van der Waals surface area (Å²) in [5.41, 5.74) is 11.2. The highest BCUT2D eigenvalue weighted by molar-refractivity contribution is 5.89. The second-order valence-corrected chi connectivity index (χ2v) is 7.12. The van der Waals surface area contributed by atoms with Crippen LogP contribution in [-0.4, -0.2) is 47.3 Å². The summed E-state index contributed by atoms with van der Waals surface area (Å²) in [6.45, 7) is 4.45. The van der Waals surface area contributed by atoms with Crippen molar-refractivity contribution in [1.82, 2.24) is 9.88 Å². The second-order valence-electron chi connectivity index (χ2n) is 7.12. The number of carboxylic acid groups (broad SMARTS) is 1. The third-order valence-corrected chi connectivity index (χ3v) is 5.16. The van der Waals surface area contributed by atoms with Gasteiger partial charge in [0.1, 0.15) is 5.82 Å². The normalized spacial score (nSPS) is 14.6. The number of pyridine rings is 1. The molecule has 0 amide bonds. The van der Waals surface area contributed by atoms with Gasteiger partial charge in [0.15, 0.2) is 0 Å². The van der Waals surface area contributed by atoms with Crippen molar-refractivity contribution < 1.29 is 14.6 Å². The Morgan fingerprint density at radius 1 is 1.00 bits per heavy atom. The molecule has 3 N–H and O–H groups in total. The zero-order valence-electron chi connectivity index (χ0n) is 16.0. The Morgan fingerprint density at radius 3 is 2.31 bits per heavy atom. The molecule has 6 heteroatoms. The third kappa shape index (κ3) is 4.45. The van der Waals surface area contributed by atoms with Crippen molar-refractivity contribution in [2.75, 3.05) is 32.0 Å². The molecular formula is C23H23N3O3. The molecule has 0 aliphatic carbocycles. The highest BCUT2D eigenvalue weighted by Crippen LogP contribution is 2.30. The molecule has 2 aromatic carbocycles. The number of aromatic carboxylic acids is 1. The number of rotatable bonds is 5. The topological polar surface area (TPSA) is 88.7 Å². The van der Waals surface area contributed by atoms with Gasteiger partial charge in [-0.2, -0.15) is 0 Å². The molecular weight excluding hydrogens is 366 g/mol. The summed E-state index contributed by atoms with van der Waals surface area (Å²) >= 11 is 0. The van der Waals surface area contributed by atoms with Crippen LogP contribution in [0.3, 0.4) is 0 Å². The number of anilines is 1. The highest BCUT2D eigenvalue weighted by atomic mass is 16.5. The van der Waals surface area contributed by atoms with Crippen molar-refractivity contribution in [2.24, 2.45) is 0 Å². The maximum Gasteiger partial charge on any atom is 0.335 e. The molecule has 29 heavy (non-hydrogen) atoms. The first-order chi connectivity index (χ1) is 14.1. The number of nitrogens with zero attached hydrogens (tertiary/aromatic N) is 2. The first-order valence-electron chi connectivity index (χ1n) is 9.59. The number of morpholine rings is 1. The summed E-state index contributed by atoms with van der Waals surface area (Å²) in [4.78, 5) is 17.8. The molecule has 1 saturated heterocycles. The van der Waals surface area contributed by atoms with E-state index < -0.39 is 5.97 Å². The standard InChI is InChI=1S/C23H23N3O3/c24-22-21(18-5-7-19(8-6-18)23(27)28)13-20(14-25-22)17-3-1-16(2-4-17)15-26-9-11-29-12-10-26/h1-8,13-14H,9-12,15H2,(H2,24,25)(H,27,28). The Morgan fingerprint density at radius 2 is 1.66 bits per heavy atom. The number of hydrogen-bond donors (Lipinski definition) is 2. The van der Waals surface area contributed by atoms with Gasteiger partial charge in [-0.25, -0.2) is 9.78 Å².